The average Bonchev–Trinajstić information content (AvgIpc) is 2.83. The van der Waals surface area contributed by atoms with Crippen LogP contribution in [-0.4, -0.2) is 21.7 Å². The molecular weight excluding hydrogens is 202 g/mol. The van der Waals surface area contributed by atoms with E-state index < -0.39 is 0 Å². The minimum atomic E-state index is 0.500. The molecule has 1 aromatic rings. The fraction of sp³-hybridized carbons (Fsp3) is 0.286. The summed E-state index contributed by atoms with van der Waals surface area (Å²) in [5.41, 5.74) is 10.5. The Morgan fingerprint density at radius 2 is 2.07 bits per heavy atom. The summed E-state index contributed by atoms with van der Waals surface area (Å²) >= 11 is 4.31. The number of rotatable bonds is 0. The first-order valence-electron chi connectivity index (χ1n) is 3.81. The topological polar surface area (TPSA) is 89.0 Å². The first kappa shape index (κ1) is 12.5. The Bertz CT molecular complexity index is 221. The van der Waals surface area contributed by atoms with Gasteiger partial charge in [-0.3, -0.25) is 0 Å². The summed E-state index contributed by atoms with van der Waals surface area (Å²) in [6.45, 7) is 2.63. The summed E-state index contributed by atoms with van der Waals surface area (Å²) in [6.07, 6.45) is 6.42. The maximum Gasteiger partial charge on any atom is 0.203 e. The van der Waals surface area contributed by atoms with E-state index in [1.165, 1.54) is 12.8 Å². The Morgan fingerprint density at radius 1 is 1.50 bits per heavy atom. The molecule has 2 rings (SSSR count). The van der Waals surface area contributed by atoms with Crippen LogP contribution >= 0.6 is 12.2 Å². The second-order valence-electron chi connectivity index (χ2n) is 2.12. The largest absolute Gasteiger partial charge is 0.431 e. The van der Waals surface area contributed by atoms with Gasteiger partial charge in [-0.15, -0.1) is 10.2 Å². The van der Waals surface area contributed by atoms with Crippen molar-refractivity contribution in [3.05, 3.63) is 25.1 Å². The molecule has 0 unspecified atom stereocenters. The Kier molecular flexibility index (Phi) is 8.61. The third kappa shape index (κ3) is 13.1. The van der Waals surface area contributed by atoms with E-state index in [0.29, 0.717) is 4.99 Å². The summed E-state index contributed by atoms with van der Waals surface area (Å²) in [5.74, 6) is 0. The molecule has 0 spiro atoms. The van der Waals surface area contributed by atoms with Crippen LogP contribution in [0, 0.1) is 0 Å². The second-order valence-corrected chi connectivity index (χ2v) is 2.76. The van der Waals surface area contributed by atoms with Crippen LogP contribution in [-0.2, 0) is 0 Å². The van der Waals surface area contributed by atoms with Gasteiger partial charge in [-0.05, 0) is 6.92 Å². The van der Waals surface area contributed by atoms with E-state index in [1.54, 1.807) is 6.92 Å². The van der Waals surface area contributed by atoms with Crippen LogP contribution in [0.1, 0.15) is 6.92 Å². The van der Waals surface area contributed by atoms with Crippen LogP contribution in [0.2, 0.25) is 0 Å². The highest BCUT2D eigenvalue weighted by Gasteiger charge is 1.78. The Morgan fingerprint density at radius 3 is 2.21 bits per heavy atom. The van der Waals surface area contributed by atoms with E-state index in [1.807, 2.05) is 12.3 Å². The third-order valence-electron chi connectivity index (χ3n) is 0.806. The number of hydrogen-bond donors (Lipinski definition) is 3. The Balaban J connectivity index is 0.000000183. The molecule has 7 heteroatoms. The number of nitrogens with two attached hydrogens (primary N) is 1. The zero-order chi connectivity index (χ0) is 10.6. The quantitative estimate of drug-likeness (QED) is 0.524. The monoisotopic (exact) mass is 215 g/mol. The van der Waals surface area contributed by atoms with Gasteiger partial charge in [0.15, 0.2) is 0 Å². The van der Waals surface area contributed by atoms with Crippen molar-refractivity contribution in [3.63, 3.8) is 0 Å². The first-order chi connectivity index (χ1) is 6.73. The number of nitrogens with zero attached hydrogens (tertiary/aromatic N) is 2. The molecule has 14 heavy (non-hydrogen) atoms. The van der Waals surface area contributed by atoms with Crippen molar-refractivity contribution in [1.29, 1.82) is 0 Å². The lowest BCUT2D eigenvalue weighted by Gasteiger charge is -1.83. The van der Waals surface area contributed by atoms with Gasteiger partial charge in [-0.25, -0.2) is 5.43 Å². The standard InChI is InChI=1S/C3H6N2.C2H2N2O.C2H5NS/c1-2-4-5-3-1;1-3-4-2-5-1;1-2(3)4/h1-2,4-5H,3H2;1-2H;1H3,(H2,3,4). The lowest BCUT2D eigenvalue weighted by atomic mass is 10.7. The number of thiocarbonyl (C=S) groups is 1. The van der Waals surface area contributed by atoms with Gasteiger partial charge in [0.1, 0.15) is 0 Å². The molecule has 6 nitrogen and oxygen atoms in total. The Hall–Kier alpha value is -1.47. The molecule has 78 valence electrons. The van der Waals surface area contributed by atoms with E-state index >= 15 is 0 Å². The summed E-state index contributed by atoms with van der Waals surface area (Å²) in [5, 5.41) is 6.61. The van der Waals surface area contributed by atoms with Crippen molar-refractivity contribution in [3.8, 4) is 0 Å². The van der Waals surface area contributed by atoms with Gasteiger partial charge in [0.05, 0.1) is 4.99 Å². The lowest BCUT2D eigenvalue weighted by molar-refractivity contribution is 0.553. The van der Waals surface area contributed by atoms with Crippen LogP contribution in [0.25, 0.3) is 0 Å². The van der Waals surface area contributed by atoms with Crippen LogP contribution in [0.5, 0.6) is 0 Å². The van der Waals surface area contributed by atoms with Gasteiger partial charge >= 0.3 is 0 Å². The van der Waals surface area contributed by atoms with Gasteiger partial charge in [-0.1, -0.05) is 18.3 Å². The van der Waals surface area contributed by atoms with Gasteiger partial charge in [0.25, 0.3) is 0 Å². The predicted molar refractivity (Wildman–Crippen MR) is 57.0 cm³/mol. The smallest absolute Gasteiger partial charge is 0.203 e. The van der Waals surface area contributed by atoms with Crippen molar-refractivity contribution in [2.24, 2.45) is 5.73 Å². The maximum absolute atomic E-state index is 4.84. The summed E-state index contributed by atoms with van der Waals surface area (Å²) in [6, 6.07) is 0. The van der Waals surface area contributed by atoms with Crippen molar-refractivity contribution in [2.45, 2.75) is 6.92 Å². The van der Waals surface area contributed by atoms with E-state index in [0.717, 1.165) is 6.54 Å². The first-order valence-corrected chi connectivity index (χ1v) is 4.22. The van der Waals surface area contributed by atoms with Crippen LogP contribution in [0.15, 0.2) is 29.5 Å². The summed E-state index contributed by atoms with van der Waals surface area (Å²) < 4.78 is 4.36. The molecule has 0 saturated carbocycles. The Labute approximate surface area is 87.5 Å². The van der Waals surface area contributed by atoms with E-state index in [9.17, 15) is 0 Å². The molecule has 0 aliphatic carbocycles. The minimum absolute atomic E-state index is 0.500. The zero-order valence-electron chi connectivity index (χ0n) is 7.80. The number of hydrazine groups is 1. The highest BCUT2D eigenvalue weighted by Crippen LogP contribution is 1.67. The molecule has 1 aromatic heterocycles. The number of aromatic nitrogens is 2. The molecule has 0 bridgehead atoms. The highest BCUT2D eigenvalue weighted by molar-refractivity contribution is 7.80. The third-order valence-corrected chi connectivity index (χ3v) is 0.806. The van der Waals surface area contributed by atoms with Crippen molar-refractivity contribution < 1.29 is 4.42 Å². The molecule has 0 aromatic carbocycles. The fourth-order valence-corrected chi connectivity index (χ4v) is 0.431. The summed E-state index contributed by atoms with van der Waals surface area (Å²) in [4.78, 5) is 0.500. The summed E-state index contributed by atoms with van der Waals surface area (Å²) in [7, 11) is 0. The SMILES string of the molecule is C1=CNNC1.CC(N)=S.c1nnco1. The molecule has 0 saturated heterocycles. The fourth-order valence-electron chi connectivity index (χ4n) is 0.431. The highest BCUT2D eigenvalue weighted by atomic mass is 32.1. The van der Waals surface area contributed by atoms with Crippen LogP contribution in [0.3, 0.4) is 0 Å². The second kappa shape index (κ2) is 9.62. The molecule has 0 radical (unpaired) electrons. The van der Waals surface area contributed by atoms with Crippen molar-refractivity contribution >= 4 is 17.2 Å². The van der Waals surface area contributed by atoms with Gasteiger partial charge < -0.3 is 15.6 Å². The van der Waals surface area contributed by atoms with Gasteiger partial charge in [0.2, 0.25) is 12.8 Å². The predicted octanol–water partition coefficient (Wildman–Crippen LogP) is -0.0301. The van der Waals surface area contributed by atoms with Gasteiger partial charge in [0, 0.05) is 12.7 Å². The molecule has 0 amide bonds. The normalized spacial score (nSPS) is 11.5. The average molecular weight is 215 g/mol. The number of nitrogens with one attached hydrogen (secondary N) is 2. The van der Waals surface area contributed by atoms with Crippen molar-refractivity contribution in [1.82, 2.24) is 21.0 Å². The van der Waals surface area contributed by atoms with Crippen molar-refractivity contribution in [2.75, 3.05) is 6.54 Å². The molecule has 4 N–H and O–H groups in total. The molecule has 0 fully saturated rings. The van der Waals surface area contributed by atoms with Crippen LogP contribution in [0.4, 0.5) is 0 Å². The van der Waals surface area contributed by atoms with E-state index in [4.69, 9.17) is 5.73 Å². The van der Waals surface area contributed by atoms with Gasteiger partial charge in [-0.2, -0.15) is 0 Å². The minimum Gasteiger partial charge on any atom is -0.431 e. The molecule has 1 aliphatic rings. The molecule has 2 heterocycles. The number of hydrogen-bond acceptors (Lipinski definition) is 6. The van der Waals surface area contributed by atoms with E-state index in [2.05, 4.69) is 37.7 Å². The molecule has 0 atom stereocenters. The zero-order valence-corrected chi connectivity index (χ0v) is 8.62. The maximum atomic E-state index is 4.84. The molecule has 1 aliphatic heterocycles. The molecular formula is C7H13N5OS. The lowest BCUT2D eigenvalue weighted by Crippen LogP contribution is -2.19. The van der Waals surface area contributed by atoms with E-state index in [-0.39, 0.29) is 0 Å². The van der Waals surface area contributed by atoms with Crippen LogP contribution < -0.4 is 16.6 Å².